The van der Waals surface area contributed by atoms with Crippen LogP contribution in [-0.2, 0) is 10.2 Å². The molecule has 0 aromatic carbocycles. The van der Waals surface area contributed by atoms with Gasteiger partial charge in [-0.05, 0) is 44.2 Å². The Hall–Kier alpha value is -1.05. The highest BCUT2D eigenvalue weighted by Gasteiger charge is 2.47. The van der Waals surface area contributed by atoms with Crippen molar-refractivity contribution in [2.24, 2.45) is 4.99 Å². The lowest BCUT2D eigenvalue weighted by Gasteiger charge is -2.26. The summed E-state index contributed by atoms with van der Waals surface area (Å²) in [6.07, 6.45) is 6.25. The van der Waals surface area contributed by atoms with Crippen LogP contribution in [0.2, 0.25) is 0 Å². The lowest BCUT2D eigenvalue weighted by molar-refractivity contribution is -2.00. The number of piperidine rings is 1. The SMILES string of the molecule is CC1(C)C2=NC(=[N+]3CCCCC3)SC2=Cc2sc(N3CCOCC3)nc21.[O-][Cl+3]([O-])([O-])[O-]. The van der Waals surface area contributed by atoms with Crippen LogP contribution in [0.1, 0.15) is 43.7 Å². The van der Waals surface area contributed by atoms with Crippen molar-refractivity contribution in [1.29, 1.82) is 0 Å². The predicted octanol–water partition coefficient (Wildman–Crippen LogP) is -1.40. The number of fused-ring (bicyclic) bond motifs is 2. The predicted molar refractivity (Wildman–Crippen MR) is 110 cm³/mol. The van der Waals surface area contributed by atoms with Gasteiger partial charge in [-0.1, -0.05) is 11.3 Å². The molecule has 2 saturated heterocycles. The van der Waals surface area contributed by atoms with Crippen LogP contribution in [0.25, 0.3) is 6.08 Å². The number of rotatable bonds is 1. The van der Waals surface area contributed by atoms with Crippen LogP contribution >= 0.6 is 23.1 Å². The van der Waals surface area contributed by atoms with Crippen molar-refractivity contribution < 1.29 is 38.2 Å². The molecule has 31 heavy (non-hydrogen) atoms. The maximum Gasteiger partial charge on any atom is 0.359 e. The monoisotopic (exact) mass is 488 g/mol. The molecule has 0 atom stereocenters. The maximum absolute atomic E-state index is 8.49. The minimum absolute atomic E-state index is 0.134. The topological polar surface area (TPSA) is 133 Å². The van der Waals surface area contributed by atoms with E-state index in [1.165, 1.54) is 45.6 Å². The van der Waals surface area contributed by atoms with Gasteiger partial charge in [0.1, 0.15) is 0 Å². The van der Waals surface area contributed by atoms with Crippen molar-refractivity contribution in [3.05, 3.63) is 15.5 Å². The second-order valence-electron chi connectivity index (χ2n) is 8.21. The smallest absolute Gasteiger partial charge is 0.359 e. The molecular formula is C19H25ClN4O5S2. The van der Waals surface area contributed by atoms with E-state index >= 15 is 0 Å². The van der Waals surface area contributed by atoms with Crippen molar-refractivity contribution in [2.45, 2.75) is 38.5 Å². The quantitative estimate of drug-likeness (QED) is 0.440. The number of ether oxygens (including phenoxy) is 1. The largest absolute Gasteiger partial charge is 0.378 e. The number of thiazole rings is 1. The summed E-state index contributed by atoms with van der Waals surface area (Å²) >= 11 is 3.68. The lowest BCUT2D eigenvalue weighted by atomic mass is 9.80. The van der Waals surface area contributed by atoms with Gasteiger partial charge < -0.3 is 9.64 Å². The summed E-state index contributed by atoms with van der Waals surface area (Å²) < 4.78 is 41.9. The van der Waals surface area contributed by atoms with Crippen LogP contribution in [0.3, 0.4) is 0 Å². The molecule has 1 aliphatic carbocycles. The summed E-state index contributed by atoms with van der Waals surface area (Å²) in [5.41, 5.74) is 2.26. The highest BCUT2D eigenvalue weighted by atomic mass is 35.7. The van der Waals surface area contributed by atoms with Crippen molar-refractivity contribution in [1.82, 2.24) is 4.98 Å². The first-order chi connectivity index (χ1) is 14.6. The third kappa shape index (κ3) is 5.31. The molecule has 4 heterocycles. The molecule has 0 amide bonds. The number of nitrogens with zero attached hydrogens (tertiary/aromatic N) is 4. The summed E-state index contributed by atoms with van der Waals surface area (Å²) in [7, 11) is -4.94. The van der Waals surface area contributed by atoms with Crippen molar-refractivity contribution in [3.63, 3.8) is 0 Å². The van der Waals surface area contributed by atoms with E-state index in [9.17, 15) is 0 Å². The Morgan fingerprint density at radius 1 is 1.10 bits per heavy atom. The number of aliphatic imine (C=N–C) groups is 1. The van der Waals surface area contributed by atoms with Crippen LogP contribution in [-0.4, -0.2) is 59.8 Å². The van der Waals surface area contributed by atoms with Crippen LogP contribution in [0, 0.1) is 10.2 Å². The highest BCUT2D eigenvalue weighted by Crippen LogP contribution is 2.47. The van der Waals surface area contributed by atoms with Gasteiger partial charge in [0.2, 0.25) is 0 Å². The number of hydrogen-bond donors (Lipinski definition) is 0. The molecule has 1 aromatic rings. The molecular weight excluding hydrogens is 464 g/mol. The number of anilines is 1. The summed E-state index contributed by atoms with van der Waals surface area (Å²) in [5, 5.41) is 2.33. The zero-order valence-corrected chi connectivity index (χ0v) is 19.9. The molecule has 5 rings (SSSR count). The molecule has 0 bridgehead atoms. The van der Waals surface area contributed by atoms with Crippen LogP contribution in [0.5, 0.6) is 0 Å². The van der Waals surface area contributed by atoms with E-state index in [-0.39, 0.29) is 5.41 Å². The van der Waals surface area contributed by atoms with Crippen molar-refractivity contribution in [3.8, 4) is 0 Å². The molecule has 0 N–H and O–H groups in total. The van der Waals surface area contributed by atoms with Crippen LogP contribution in [0.15, 0.2) is 9.90 Å². The normalized spacial score (nSPS) is 22.8. The van der Waals surface area contributed by atoms with Crippen LogP contribution < -0.4 is 23.5 Å². The first kappa shape index (κ1) is 23.1. The Bertz CT molecular complexity index is 918. The third-order valence-corrected chi connectivity index (χ3v) is 7.76. The molecule has 2 fully saturated rings. The number of allylic oxidation sites excluding steroid dienone is 1. The Kier molecular flexibility index (Phi) is 6.76. The summed E-state index contributed by atoms with van der Waals surface area (Å²) in [6, 6.07) is 0. The maximum atomic E-state index is 8.49. The molecule has 12 heteroatoms. The van der Waals surface area contributed by atoms with Gasteiger partial charge in [0, 0.05) is 24.9 Å². The summed E-state index contributed by atoms with van der Waals surface area (Å²) in [5.74, 6) is 0. The van der Waals surface area contributed by atoms with E-state index in [2.05, 4.69) is 29.4 Å². The van der Waals surface area contributed by atoms with Crippen molar-refractivity contribution in [2.75, 3.05) is 44.3 Å². The fourth-order valence-corrected chi connectivity index (χ4v) is 6.59. The lowest BCUT2D eigenvalue weighted by Crippen LogP contribution is -2.68. The molecule has 1 aromatic heterocycles. The van der Waals surface area contributed by atoms with E-state index < -0.39 is 10.2 Å². The molecule has 0 spiro atoms. The molecule has 0 radical (unpaired) electrons. The van der Waals surface area contributed by atoms with Gasteiger partial charge in [0.05, 0.1) is 47.2 Å². The van der Waals surface area contributed by atoms with Crippen molar-refractivity contribution >= 4 is 45.2 Å². The Balaban J connectivity index is 0.000000418. The van der Waals surface area contributed by atoms with Gasteiger partial charge in [0.25, 0.3) is 0 Å². The number of amidine groups is 1. The standard InChI is InChI=1S/C19H25N4OS2.ClHO4/c1-19(2)15-13(25-17(20-15)22-6-4-3-5-7-22)12-14-16(19)21-18(26-14)23-8-10-24-11-9-23;2-1(3,4)5/h12H,3-11H2,1-2H3;(H,2,3,4,5)/q+1;/p-1. The first-order valence-electron chi connectivity index (χ1n) is 10.2. The molecule has 170 valence electrons. The average molecular weight is 489 g/mol. The zero-order valence-electron chi connectivity index (χ0n) is 17.5. The minimum Gasteiger partial charge on any atom is -0.378 e. The third-order valence-electron chi connectivity index (χ3n) is 5.64. The van der Waals surface area contributed by atoms with E-state index in [1.54, 1.807) is 0 Å². The second-order valence-corrected chi connectivity index (χ2v) is 11.0. The highest BCUT2D eigenvalue weighted by molar-refractivity contribution is 8.18. The first-order valence-corrected chi connectivity index (χ1v) is 13.1. The molecule has 4 aliphatic rings. The summed E-state index contributed by atoms with van der Waals surface area (Å²) in [6.45, 7) is 10.3. The fourth-order valence-electron chi connectivity index (χ4n) is 4.07. The molecule has 9 nitrogen and oxygen atoms in total. The van der Waals surface area contributed by atoms with Gasteiger partial charge in [-0.25, -0.2) is 23.6 Å². The molecule has 3 aliphatic heterocycles. The van der Waals surface area contributed by atoms with E-state index in [4.69, 9.17) is 33.3 Å². The van der Waals surface area contributed by atoms with Gasteiger partial charge in [0.15, 0.2) is 10.8 Å². The number of hydrogen-bond acceptors (Lipinski definition) is 9. The number of halogens is 1. The van der Waals surface area contributed by atoms with Crippen LogP contribution in [0.4, 0.5) is 5.13 Å². The van der Waals surface area contributed by atoms with E-state index in [0.29, 0.717) is 0 Å². The number of morpholine rings is 1. The van der Waals surface area contributed by atoms with Gasteiger partial charge in [-0.15, -0.1) is 10.2 Å². The Morgan fingerprint density at radius 2 is 1.74 bits per heavy atom. The Labute approximate surface area is 191 Å². The van der Waals surface area contributed by atoms with E-state index in [0.717, 1.165) is 44.5 Å². The minimum atomic E-state index is -4.94. The van der Waals surface area contributed by atoms with Gasteiger partial charge >= 0.3 is 5.17 Å². The number of aromatic nitrogens is 1. The fraction of sp³-hybridized carbons (Fsp3) is 0.632. The summed E-state index contributed by atoms with van der Waals surface area (Å²) in [4.78, 5) is 15.1. The number of thioether (sulfide) groups is 1. The van der Waals surface area contributed by atoms with E-state index in [1.807, 2.05) is 23.1 Å². The van der Waals surface area contributed by atoms with Gasteiger partial charge in [-0.2, -0.15) is 0 Å². The van der Waals surface area contributed by atoms with Gasteiger partial charge in [-0.3, -0.25) is 4.58 Å². The molecule has 0 unspecified atom stereocenters. The second kappa shape index (κ2) is 9.06. The zero-order chi connectivity index (χ0) is 22.2. The Morgan fingerprint density at radius 3 is 2.39 bits per heavy atom. The molecule has 0 saturated carbocycles. The average Bonchev–Trinajstić information content (AvgIpc) is 3.34.